The van der Waals surface area contributed by atoms with Crippen LogP contribution in [0, 0.1) is 0 Å². The van der Waals surface area contributed by atoms with Gasteiger partial charge in [-0.15, -0.1) is 0 Å². The zero-order valence-corrected chi connectivity index (χ0v) is 13.5. The SMILES string of the molecule is CCCCCCC(C(=O)O)=C(CCCCCC)C(C)O. The summed E-state index contributed by atoms with van der Waals surface area (Å²) in [6.45, 7) is 5.98. The van der Waals surface area contributed by atoms with Gasteiger partial charge >= 0.3 is 5.97 Å². The molecule has 118 valence electrons. The molecule has 1 atom stereocenters. The third kappa shape index (κ3) is 8.36. The summed E-state index contributed by atoms with van der Waals surface area (Å²) in [6.07, 6.45) is 9.33. The maximum absolute atomic E-state index is 11.4. The molecule has 0 aromatic heterocycles. The molecule has 0 rings (SSSR count). The normalized spacial score (nSPS) is 14.0. The first-order chi connectivity index (χ1) is 9.54. The molecule has 0 aromatic rings. The van der Waals surface area contributed by atoms with Crippen molar-refractivity contribution in [2.45, 2.75) is 91.1 Å². The van der Waals surface area contributed by atoms with Gasteiger partial charge in [0.05, 0.1) is 6.10 Å². The number of aliphatic hydroxyl groups excluding tert-OH is 1. The molecule has 0 aliphatic carbocycles. The highest BCUT2D eigenvalue weighted by Crippen LogP contribution is 2.22. The average molecular weight is 284 g/mol. The molecule has 0 saturated heterocycles. The van der Waals surface area contributed by atoms with Crippen LogP contribution in [0.25, 0.3) is 0 Å². The van der Waals surface area contributed by atoms with Crippen LogP contribution < -0.4 is 0 Å². The first-order valence-electron chi connectivity index (χ1n) is 8.17. The smallest absolute Gasteiger partial charge is 0.331 e. The Bertz CT molecular complexity index is 293. The highest BCUT2D eigenvalue weighted by molar-refractivity contribution is 5.87. The van der Waals surface area contributed by atoms with Gasteiger partial charge in [-0.1, -0.05) is 52.4 Å². The number of carbonyl (C=O) groups is 1. The summed E-state index contributed by atoms with van der Waals surface area (Å²) in [7, 11) is 0. The van der Waals surface area contributed by atoms with Gasteiger partial charge in [-0.2, -0.15) is 0 Å². The summed E-state index contributed by atoms with van der Waals surface area (Å²) in [5.74, 6) is -0.854. The second-order valence-electron chi connectivity index (χ2n) is 5.61. The van der Waals surface area contributed by atoms with Gasteiger partial charge in [-0.05, 0) is 38.2 Å². The Kier molecular flexibility index (Phi) is 11.5. The molecule has 0 bridgehead atoms. The van der Waals surface area contributed by atoms with Crippen molar-refractivity contribution >= 4 is 5.97 Å². The van der Waals surface area contributed by atoms with E-state index in [0.717, 1.165) is 50.5 Å². The van der Waals surface area contributed by atoms with Crippen LogP contribution in [0.2, 0.25) is 0 Å². The lowest BCUT2D eigenvalue weighted by Gasteiger charge is -2.15. The van der Waals surface area contributed by atoms with Crippen molar-refractivity contribution in [1.29, 1.82) is 0 Å². The van der Waals surface area contributed by atoms with Crippen molar-refractivity contribution in [3.8, 4) is 0 Å². The van der Waals surface area contributed by atoms with Gasteiger partial charge in [0.2, 0.25) is 0 Å². The van der Waals surface area contributed by atoms with Crippen molar-refractivity contribution < 1.29 is 15.0 Å². The molecule has 2 N–H and O–H groups in total. The maximum Gasteiger partial charge on any atom is 0.331 e. The minimum absolute atomic E-state index is 0.451. The second-order valence-corrected chi connectivity index (χ2v) is 5.61. The highest BCUT2D eigenvalue weighted by Gasteiger charge is 2.17. The van der Waals surface area contributed by atoms with Gasteiger partial charge in [-0.3, -0.25) is 0 Å². The van der Waals surface area contributed by atoms with Crippen LogP contribution >= 0.6 is 0 Å². The molecule has 3 heteroatoms. The van der Waals surface area contributed by atoms with Crippen molar-refractivity contribution in [3.05, 3.63) is 11.1 Å². The summed E-state index contributed by atoms with van der Waals surface area (Å²) in [6, 6.07) is 0. The largest absolute Gasteiger partial charge is 0.478 e. The predicted octanol–water partition coefficient (Wildman–Crippen LogP) is 4.69. The molecular weight excluding hydrogens is 252 g/mol. The zero-order valence-electron chi connectivity index (χ0n) is 13.5. The van der Waals surface area contributed by atoms with Gasteiger partial charge in [0, 0.05) is 5.57 Å². The Hall–Kier alpha value is -0.830. The average Bonchev–Trinajstić information content (AvgIpc) is 2.39. The fourth-order valence-electron chi connectivity index (χ4n) is 2.49. The number of hydrogen-bond donors (Lipinski definition) is 2. The van der Waals surface area contributed by atoms with Gasteiger partial charge in [0.1, 0.15) is 0 Å². The topological polar surface area (TPSA) is 57.5 Å². The third-order valence-electron chi connectivity index (χ3n) is 3.73. The summed E-state index contributed by atoms with van der Waals surface area (Å²) in [4.78, 5) is 11.4. The lowest BCUT2D eigenvalue weighted by molar-refractivity contribution is -0.133. The molecule has 3 nitrogen and oxygen atoms in total. The number of unbranched alkanes of at least 4 members (excludes halogenated alkanes) is 6. The van der Waals surface area contributed by atoms with Gasteiger partial charge in [-0.25, -0.2) is 4.79 Å². The molecule has 0 fully saturated rings. The summed E-state index contributed by atoms with van der Waals surface area (Å²) >= 11 is 0. The Morgan fingerprint density at radius 1 is 0.900 bits per heavy atom. The number of carboxylic acids is 1. The Morgan fingerprint density at radius 3 is 1.80 bits per heavy atom. The molecule has 0 aliphatic heterocycles. The van der Waals surface area contributed by atoms with Crippen molar-refractivity contribution in [3.63, 3.8) is 0 Å². The van der Waals surface area contributed by atoms with Gasteiger partial charge in [0.15, 0.2) is 0 Å². The van der Waals surface area contributed by atoms with Crippen molar-refractivity contribution in [2.75, 3.05) is 0 Å². The minimum Gasteiger partial charge on any atom is -0.478 e. The van der Waals surface area contributed by atoms with Crippen LogP contribution in [-0.2, 0) is 4.79 Å². The first-order valence-corrected chi connectivity index (χ1v) is 8.17. The predicted molar refractivity (Wildman–Crippen MR) is 83.9 cm³/mol. The van der Waals surface area contributed by atoms with E-state index in [4.69, 9.17) is 0 Å². The lowest BCUT2D eigenvalue weighted by Crippen LogP contribution is -2.14. The van der Waals surface area contributed by atoms with Crippen LogP contribution in [0.15, 0.2) is 11.1 Å². The van der Waals surface area contributed by atoms with Crippen LogP contribution in [0.5, 0.6) is 0 Å². The standard InChI is InChI=1S/C17H32O3/c1-4-6-8-10-12-15(14(3)18)16(17(19)20)13-11-9-7-5-2/h14,18H,4-13H2,1-3H3,(H,19,20). The molecule has 20 heavy (non-hydrogen) atoms. The number of aliphatic carboxylic acids is 1. The molecular formula is C17H32O3. The fourth-order valence-corrected chi connectivity index (χ4v) is 2.49. The summed E-state index contributed by atoms with van der Waals surface area (Å²) < 4.78 is 0. The van der Waals surface area contributed by atoms with Gasteiger partial charge in [0.25, 0.3) is 0 Å². The number of rotatable bonds is 12. The zero-order chi connectivity index (χ0) is 15.4. The molecule has 0 aliphatic rings. The fraction of sp³-hybridized carbons (Fsp3) is 0.824. The minimum atomic E-state index is -0.854. The molecule has 1 unspecified atom stereocenters. The van der Waals surface area contributed by atoms with E-state index in [0.29, 0.717) is 18.4 Å². The molecule has 0 radical (unpaired) electrons. The van der Waals surface area contributed by atoms with E-state index < -0.39 is 12.1 Å². The monoisotopic (exact) mass is 284 g/mol. The van der Waals surface area contributed by atoms with Crippen LogP contribution in [0.1, 0.15) is 85.0 Å². The van der Waals surface area contributed by atoms with E-state index in [-0.39, 0.29) is 0 Å². The van der Waals surface area contributed by atoms with Crippen molar-refractivity contribution in [2.24, 2.45) is 0 Å². The molecule has 0 amide bonds. The quantitative estimate of drug-likeness (QED) is 0.404. The number of aliphatic hydroxyl groups is 1. The highest BCUT2D eigenvalue weighted by atomic mass is 16.4. The van der Waals surface area contributed by atoms with E-state index in [1.165, 1.54) is 6.42 Å². The van der Waals surface area contributed by atoms with E-state index in [1.807, 2.05) is 0 Å². The molecule has 0 heterocycles. The van der Waals surface area contributed by atoms with E-state index in [1.54, 1.807) is 6.92 Å². The van der Waals surface area contributed by atoms with E-state index in [2.05, 4.69) is 13.8 Å². The molecule has 0 saturated carbocycles. The Balaban J connectivity index is 4.63. The lowest BCUT2D eigenvalue weighted by atomic mass is 9.93. The van der Waals surface area contributed by atoms with E-state index in [9.17, 15) is 15.0 Å². The summed E-state index contributed by atoms with van der Waals surface area (Å²) in [5, 5.41) is 19.3. The Labute approximate surface area is 124 Å². The van der Waals surface area contributed by atoms with E-state index >= 15 is 0 Å². The number of hydrogen-bond acceptors (Lipinski definition) is 2. The van der Waals surface area contributed by atoms with Crippen LogP contribution in [-0.4, -0.2) is 22.3 Å². The summed E-state index contributed by atoms with van der Waals surface area (Å²) in [5.41, 5.74) is 1.19. The Morgan fingerprint density at radius 2 is 1.40 bits per heavy atom. The van der Waals surface area contributed by atoms with Crippen LogP contribution in [0.3, 0.4) is 0 Å². The first kappa shape index (κ1) is 19.2. The van der Waals surface area contributed by atoms with Gasteiger partial charge < -0.3 is 10.2 Å². The third-order valence-corrected chi connectivity index (χ3v) is 3.73. The van der Waals surface area contributed by atoms with Crippen molar-refractivity contribution in [1.82, 2.24) is 0 Å². The molecule has 0 spiro atoms. The second kappa shape index (κ2) is 12.0. The molecule has 0 aromatic carbocycles. The number of carboxylic acid groups (broad SMARTS) is 1. The maximum atomic E-state index is 11.4. The van der Waals surface area contributed by atoms with Crippen LogP contribution in [0.4, 0.5) is 0 Å².